The molecular weight excluding hydrogens is 320 g/mol. The predicted molar refractivity (Wildman–Crippen MR) is 84.4 cm³/mol. The number of benzene rings is 1. The summed E-state index contributed by atoms with van der Waals surface area (Å²) in [4.78, 5) is 11.8. The highest BCUT2D eigenvalue weighted by atomic mass is 32.2. The molecule has 7 nitrogen and oxygen atoms in total. The molecule has 2 heterocycles. The second-order valence-corrected chi connectivity index (χ2v) is 8.04. The minimum Gasteiger partial charge on any atom is -0.486 e. The van der Waals surface area contributed by atoms with E-state index in [0.29, 0.717) is 44.2 Å². The molecule has 23 heavy (non-hydrogen) atoms. The third-order valence-electron chi connectivity index (χ3n) is 3.94. The minimum absolute atomic E-state index is 0.0139. The zero-order valence-corrected chi connectivity index (χ0v) is 13.5. The van der Waals surface area contributed by atoms with Crippen LogP contribution in [0.1, 0.15) is 12.0 Å². The van der Waals surface area contributed by atoms with Crippen LogP contribution in [0.4, 0.5) is 4.79 Å². The van der Waals surface area contributed by atoms with Crippen molar-refractivity contribution in [2.24, 2.45) is 5.92 Å². The van der Waals surface area contributed by atoms with E-state index in [1.807, 2.05) is 18.2 Å². The molecule has 1 aromatic carbocycles. The van der Waals surface area contributed by atoms with Crippen LogP contribution in [0.15, 0.2) is 18.2 Å². The van der Waals surface area contributed by atoms with Gasteiger partial charge in [0.05, 0.1) is 11.5 Å². The van der Waals surface area contributed by atoms with Gasteiger partial charge < -0.3 is 20.1 Å². The molecule has 2 aliphatic rings. The monoisotopic (exact) mass is 340 g/mol. The smallest absolute Gasteiger partial charge is 0.315 e. The summed E-state index contributed by atoms with van der Waals surface area (Å²) in [5.41, 5.74) is 0.910. The summed E-state index contributed by atoms with van der Waals surface area (Å²) in [7, 11) is -2.90. The van der Waals surface area contributed by atoms with Crippen LogP contribution in [0.25, 0.3) is 0 Å². The lowest BCUT2D eigenvalue weighted by Gasteiger charge is -2.19. The molecule has 2 aliphatic heterocycles. The number of hydrogen-bond donors (Lipinski definition) is 2. The summed E-state index contributed by atoms with van der Waals surface area (Å²) < 4.78 is 33.7. The first kappa shape index (κ1) is 15.9. The summed E-state index contributed by atoms with van der Waals surface area (Å²) in [5, 5.41) is 5.48. The van der Waals surface area contributed by atoms with Crippen molar-refractivity contribution in [3.8, 4) is 11.5 Å². The van der Waals surface area contributed by atoms with Crippen molar-refractivity contribution < 1.29 is 22.7 Å². The van der Waals surface area contributed by atoms with Gasteiger partial charge in [-0.1, -0.05) is 6.07 Å². The number of carbonyl (C=O) groups is 1. The van der Waals surface area contributed by atoms with Gasteiger partial charge in [-0.15, -0.1) is 0 Å². The van der Waals surface area contributed by atoms with Crippen molar-refractivity contribution >= 4 is 15.9 Å². The van der Waals surface area contributed by atoms with Gasteiger partial charge in [0.25, 0.3) is 0 Å². The summed E-state index contributed by atoms with van der Waals surface area (Å²) >= 11 is 0. The molecule has 3 rings (SSSR count). The molecule has 1 saturated heterocycles. The van der Waals surface area contributed by atoms with E-state index in [2.05, 4.69) is 10.6 Å². The average Bonchev–Trinajstić information content (AvgIpc) is 2.90. The topological polar surface area (TPSA) is 93.7 Å². The zero-order chi connectivity index (χ0) is 16.3. The molecule has 2 N–H and O–H groups in total. The van der Waals surface area contributed by atoms with Crippen LogP contribution in [-0.4, -0.2) is 45.7 Å². The largest absolute Gasteiger partial charge is 0.486 e. The molecule has 1 fully saturated rings. The summed E-state index contributed by atoms with van der Waals surface area (Å²) in [5.74, 6) is 1.80. The molecule has 0 aromatic heterocycles. The fraction of sp³-hybridized carbons (Fsp3) is 0.533. The highest BCUT2D eigenvalue weighted by Crippen LogP contribution is 2.30. The Labute approximate surface area is 135 Å². The van der Waals surface area contributed by atoms with Crippen LogP contribution < -0.4 is 20.1 Å². The maximum atomic E-state index is 11.8. The zero-order valence-electron chi connectivity index (χ0n) is 12.7. The van der Waals surface area contributed by atoms with Gasteiger partial charge in [0.1, 0.15) is 13.2 Å². The number of carbonyl (C=O) groups excluding carboxylic acids is 1. The quantitative estimate of drug-likeness (QED) is 0.841. The highest BCUT2D eigenvalue weighted by molar-refractivity contribution is 7.91. The maximum absolute atomic E-state index is 11.8. The van der Waals surface area contributed by atoms with Gasteiger partial charge in [-0.2, -0.15) is 0 Å². The molecule has 8 heteroatoms. The van der Waals surface area contributed by atoms with Gasteiger partial charge >= 0.3 is 6.03 Å². The Balaban J connectivity index is 1.44. The Morgan fingerprint density at radius 1 is 1.17 bits per heavy atom. The van der Waals surface area contributed by atoms with Crippen LogP contribution >= 0.6 is 0 Å². The van der Waals surface area contributed by atoms with Crippen molar-refractivity contribution in [2.75, 3.05) is 31.3 Å². The van der Waals surface area contributed by atoms with E-state index >= 15 is 0 Å². The van der Waals surface area contributed by atoms with Gasteiger partial charge in [0.2, 0.25) is 0 Å². The summed E-state index contributed by atoms with van der Waals surface area (Å²) in [6.07, 6.45) is 0.616. The fourth-order valence-corrected chi connectivity index (χ4v) is 4.57. The van der Waals surface area contributed by atoms with E-state index in [1.54, 1.807) is 0 Å². The summed E-state index contributed by atoms with van der Waals surface area (Å²) in [6.45, 7) is 1.82. The van der Waals surface area contributed by atoms with E-state index in [9.17, 15) is 13.2 Å². The number of amides is 2. The molecule has 1 aromatic rings. The van der Waals surface area contributed by atoms with Crippen molar-refractivity contribution in [2.45, 2.75) is 13.0 Å². The number of fused-ring (bicyclic) bond motifs is 1. The Bertz CT molecular complexity index is 689. The third-order valence-corrected chi connectivity index (χ3v) is 5.77. The van der Waals surface area contributed by atoms with Crippen LogP contribution in [0.2, 0.25) is 0 Å². The lowest BCUT2D eigenvalue weighted by molar-refractivity contribution is 0.171. The van der Waals surface area contributed by atoms with Crippen LogP contribution in [0, 0.1) is 5.92 Å². The van der Waals surface area contributed by atoms with Gasteiger partial charge in [0, 0.05) is 13.1 Å². The molecule has 0 bridgehead atoms. The normalized spacial score (nSPS) is 21.7. The predicted octanol–water partition coefficient (Wildman–Crippen LogP) is 0.692. The summed E-state index contributed by atoms with van der Waals surface area (Å²) in [6, 6.07) is 5.24. The van der Waals surface area contributed by atoms with E-state index < -0.39 is 9.84 Å². The van der Waals surface area contributed by atoms with Crippen LogP contribution in [0.5, 0.6) is 11.5 Å². The first-order chi connectivity index (χ1) is 11.0. The molecule has 1 unspecified atom stereocenters. The van der Waals surface area contributed by atoms with E-state index in [4.69, 9.17) is 9.47 Å². The molecule has 126 valence electrons. The first-order valence-electron chi connectivity index (χ1n) is 7.62. The van der Waals surface area contributed by atoms with Crippen molar-refractivity contribution in [3.05, 3.63) is 23.8 Å². The van der Waals surface area contributed by atoms with Crippen LogP contribution in [0.3, 0.4) is 0 Å². The van der Waals surface area contributed by atoms with Crippen molar-refractivity contribution in [1.29, 1.82) is 0 Å². The number of urea groups is 1. The van der Waals surface area contributed by atoms with E-state index in [0.717, 1.165) is 5.56 Å². The first-order valence-corrected chi connectivity index (χ1v) is 9.45. The maximum Gasteiger partial charge on any atom is 0.315 e. The lowest BCUT2D eigenvalue weighted by Crippen LogP contribution is -2.38. The fourth-order valence-electron chi connectivity index (χ4n) is 2.71. The van der Waals surface area contributed by atoms with Gasteiger partial charge in [0.15, 0.2) is 21.3 Å². The SMILES string of the molecule is O=C(NCc1ccc2c(c1)OCCO2)NCC1CCS(=O)(=O)C1. The van der Waals surface area contributed by atoms with Gasteiger partial charge in [-0.05, 0) is 30.0 Å². The number of nitrogens with one attached hydrogen (secondary N) is 2. The van der Waals surface area contributed by atoms with Crippen molar-refractivity contribution in [3.63, 3.8) is 0 Å². The van der Waals surface area contributed by atoms with Crippen molar-refractivity contribution in [1.82, 2.24) is 10.6 Å². The average molecular weight is 340 g/mol. The molecule has 0 radical (unpaired) electrons. The third kappa shape index (κ3) is 4.28. The Kier molecular flexibility index (Phi) is 4.61. The molecule has 0 spiro atoms. The van der Waals surface area contributed by atoms with E-state index in [1.165, 1.54) is 0 Å². The highest BCUT2D eigenvalue weighted by Gasteiger charge is 2.27. The minimum atomic E-state index is -2.90. The molecular formula is C15H20N2O5S. The van der Waals surface area contributed by atoms with Crippen LogP contribution in [-0.2, 0) is 16.4 Å². The molecule has 0 aliphatic carbocycles. The second kappa shape index (κ2) is 6.66. The Morgan fingerprint density at radius 2 is 1.96 bits per heavy atom. The van der Waals surface area contributed by atoms with E-state index in [-0.39, 0.29) is 23.5 Å². The molecule has 0 saturated carbocycles. The Morgan fingerprint density at radius 3 is 2.70 bits per heavy atom. The molecule has 1 atom stereocenters. The lowest BCUT2D eigenvalue weighted by atomic mass is 10.1. The standard InChI is InChI=1S/C15H20N2O5S/c18-15(17-9-12-3-6-23(19,20)10-12)16-8-11-1-2-13-14(7-11)22-5-4-21-13/h1-2,7,12H,3-6,8-10H2,(H2,16,17,18). The number of sulfone groups is 1. The number of rotatable bonds is 4. The molecule has 2 amide bonds. The number of ether oxygens (including phenoxy) is 2. The van der Waals surface area contributed by atoms with Gasteiger partial charge in [-0.3, -0.25) is 0 Å². The van der Waals surface area contributed by atoms with Gasteiger partial charge in [-0.25, -0.2) is 13.2 Å². The second-order valence-electron chi connectivity index (χ2n) is 5.81. The Hall–Kier alpha value is -1.96. The number of hydrogen-bond acceptors (Lipinski definition) is 5.